The van der Waals surface area contributed by atoms with E-state index < -0.39 is 20.0 Å². The monoisotopic (exact) mass is 406 g/mol. The van der Waals surface area contributed by atoms with Gasteiger partial charge in [-0.25, -0.2) is 0 Å². The number of methoxy groups -OCH3 is 1. The van der Waals surface area contributed by atoms with Crippen LogP contribution in [0.1, 0.15) is 16.8 Å². The summed E-state index contributed by atoms with van der Waals surface area (Å²) in [6.07, 6.45) is -0.00686. The number of ether oxygens (including phenoxy) is 2. The van der Waals surface area contributed by atoms with Crippen molar-refractivity contribution in [1.82, 2.24) is 4.90 Å². The Morgan fingerprint density at radius 1 is 1.21 bits per heavy atom. The number of benzene rings is 1. The number of hydrogen-bond acceptors (Lipinski definition) is 6. The molecule has 1 saturated heterocycles. The van der Waals surface area contributed by atoms with E-state index in [1.165, 1.54) is 29.0 Å². The van der Waals surface area contributed by atoms with Crippen LogP contribution in [0.4, 0.5) is 5.69 Å². The largest absolute Gasteiger partial charge is 0.504 e. The first-order chi connectivity index (χ1) is 13.1. The molecular weight excluding hydrogens is 380 g/mol. The van der Waals surface area contributed by atoms with Crippen molar-refractivity contribution in [3.63, 3.8) is 0 Å². The number of rotatable bonds is 6. The summed E-state index contributed by atoms with van der Waals surface area (Å²) in [5.74, 6) is -1.01. The molecule has 0 aromatic heterocycles. The fourth-order valence-corrected chi connectivity index (χ4v) is 4.12. The zero-order chi connectivity index (χ0) is 20.6. The third-order valence-electron chi connectivity index (χ3n) is 4.99. The molecule has 1 aromatic rings. The lowest BCUT2D eigenvalue weighted by Crippen LogP contribution is -2.45. The van der Waals surface area contributed by atoms with Gasteiger partial charge in [0, 0.05) is 27.2 Å². The van der Waals surface area contributed by atoms with E-state index in [1.807, 2.05) is 0 Å². The smallest absolute Gasteiger partial charge is 0.257 e. The molecule has 2 aliphatic heterocycles. The van der Waals surface area contributed by atoms with Crippen molar-refractivity contribution < 1.29 is 29.0 Å². The maximum Gasteiger partial charge on any atom is 0.257 e. The number of carbonyl (C=O) groups excluding carboxylic acids is 3. The SMILES string of the molecule is COc1cc2c(cc1O)N(COCC[Si](C)(C)C)C(=O)C1CC(=O)CN1C2=O. The van der Waals surface area contributed by atoms with Gasteiger partial charge in [-0.2, -0.15) is 0 Å². The number of nitrogens with zero attached hydrogens (tertiary/aromatic N) is 2. The number of fused-ring (bicyclic) bond motifs is 2. The molecular formula is C19H26N2O6Si. The van der Waals surface area contributed by atoms with Gasteiger partial charge in [0.05, 0.1) is 24.9 Å². The third kappa shape index (κ3) is 3.90. The van der Waals surface area contributed by atoms with Crippen molar-refractivity contribution >= 4 is 31.4 Å². The summed E-state index contributed by atoms with van der Waals surface area (Å²) in [5, 5.41) is 10.2. The molecule has 0 bridgehead atoms. The topological polar surface area (TPSA) is 96.4 Å². The van der Waals surface area contributed by atoms with Gasteiger partial charge in [0.1, 0.15) is 12.8 Å². The number of phenolic OH excluding ortho intramolecular Hbond substituents is 1. The Balaban J connectivity index is 1.96. The van der Waals surface area contributed by atoms with Gasteiger partial charge < -0.3 is 19.5 Å². The average molecular weight is 407 g/mol. The van der Waals surface area contributed by atoms with Crippen LogP contribution in [0.2, 0.25) is 25.7 Å². The predicted octanol–water partition coefficient (Wildman–Crippen LogP) is 1.84. The normalized spacial score (nSPS) is 19.6. The fourth-order valence-electron chi connectivity index (χ4n) is 3.36. The highest BCUT2D eigenvalue weighted by atomic mass is 28.3. The summed E-state index contributed by atoms with van der Waals surface area (Å²) in [4.78, 5) is 40.7. The molecule has 1 aromatic carbocycles. The second-order valence-electron chi connectivity index (χ2n) is 8.35. The number of phenols is 1. The molecule has 9 heteroatoms. The van der Waals surface area contributed by atoms with E-state index in [1.54, 1.807) is 0 Å². The highest BCUT2D eigenvalue weighted by Gasteiger charge is 2.45. The number of Topliss-reactive ketones (excluding diaryl/α,β-unsaturated/α-hetero) is 1. The minimum Gasteiger partial charge on any atom is -0.504 e. The summed E-state index contributed by atoms with van der Waals surface area (Å²) in [5.41, 5.74) is 0.470. The molecule has 152 valence electrons. The maximum absolute atomic E-state index is 13.1. The molecule has 0 aliphatic carbocycles. The number of ketones is 1. The summed E-state index contributed by atoms with van der Waals surface area (Å²) in [7, 11) is 0.0848. The van der Waals surface area contributed by atoms with Crippen molar-refractivity contribution in [2.24, 2.45) is 0 Å². The zero-order valence-corrected chi connectivity index (χ0v) is 17.7. The minimum atomic E-state index is -1.30. The van der Waals surface area contributed by atoms with Crippen LogP contribution in [0.25, 0.3) is 0 Å². The van der Waals surface area contributed by atoms with E-state index >= 15 is 0 Å². The third-order valence-corrected chi connectivity index (χ3v) is 6.70. The standard InChI is InChI=1S/C19H26N2O6Si/c1-26-17-8-13-14(9-16(17)23)21(11-27-5-6-28(2,3)4)19(25)15-7-12(22)10-20(15)18(13)24/h8-9,15,23H,5-7,10-11H2,1-4H3. The Morgan fingerprint density at radius 3 is 2.57 bits per heavy atom. The fraction of sp³-hybridized carbons (Fsp3) is 0.526. The molecule has 8 nitrogen and oxygen atoms in total. The van der Waals surface area contributed by atoms with E-state index in [-0.39, 0.29) is 54.1 Å². The molecule has 2 aliphatic rings. The number of amides is 2. The maximum atomic E-state index is 13.1. The van der Waals surface area contributed by atoms with Gasteiger partial charge in [-0.1, -0.05) is 19.6 Å². The molecule has 0 spiro atoms. The van der Waals surface area contributed by atoms with Crippen molar-refractivity contribution in [1.29, 1.82) is 0 Å². The van der Waals surface area contributed by atoms with Crippen molar-refractivity contribution in [2.75, 3.05) is 31.9 Å². The van der Waals surface area contributed by atoms with Gasteiger partial charge in [0.15, 0.2) is 17.3 Å². The second-order valence-corrected chi connectivity index (χ2v) is 14.0. The molecule has 3 rings (SSSR count). The molecule has 1 fully saturated rings. The lowest BCUT2D eigenvalue weighted by molar-refractivity contribution is -0.124. The van der Waals surface area contributed by atoms with Crippen LogP contribution in [-0.4, -0.2) is 68.7 Å². The first kappa shape index (κ1) is 20.3. The Labute approximate surface area is 165 Å². The molecule has 0 radical (unpaired) electrons. The molecule has 28 heavy (non-hydrogen) atoms. The number of hydrogen-bond donors (Lipinski definition) is 1. The van der Waals surface area contributed by atoms with Gasteiger partial charge in [-0.05, 0) is 12.1 Å². The van der Waals surface area contributed by atoms with Crippen LogP contribution in [0.15, 0.2) is 12.1 Å². The number of anilines is 1. The van der Waals surface area contributed by atoms with Crippen molar-refractivity contribution in [3.8, 4) is 11.5 Å². The van der Waals surface area contributed by atoms with Crippen LogP contribution < -0.4 is 9.64 Å². The van der Waals surface area contributed by atoms with E-state index in [0.717, 1.165) is 6.04 Å². The quantitative estimate of drug-likeness (QED) is 0.572. The van der Waals surface area contributed by atoms with Gasteiger partial charge in [0.2, 0.25) is 0 Å². The molecule has 0 saturated carbocycles. The van der Waals surface area contributed by atoms with E-state index in [2.05, 4.69) is 19.6 Å². The number of carbonyl (C=O) groups is 3. The van der Waals surface area contributed by atoms with Gasteiger partial charge in [0.25, 0.3) is 11.8 Å². The molecule has 2 amide bonds. The Morgan fingerprint density at radius 2 is 1.93 bits per heavy atom. The Bertz CT molecular complexity index is 819. The number of aromatic hydroxyl groups is 1. The highest BCUT2D eigenvalue weighted by Crippen LogP contribution is 2.38. The highest BCUT2D eigenvalue weighted by molar-refractivity contribution is 6.76. The van der Waals surface area contributed by atoms with E-state index in [4.69, 9.17) is 9.47 Å². The van der Waals surface area contributed by atoms with Gasteiger partial charge in [-0.3, -0.25) is 19.3 Å². The first-order valence-electron chi connectivity index (χ1n) is 9.25. The second kappa shape index (κ2) is 7.55. The van der Waals surface area contributed by atoms with Crippen LogP contribution in [0.3, 0.4) is 0 Å². The lowest BCUT2D eigenvalue weighted by Gasteiger charge is -2.26. The summed E-state index contributed by atoms with van der Waals surface area (Å²) < 4.78 is 10.9. The van der Waals surface area contributed by atoms with Gasteiger partial charge >= 0.3 is 0 Å². The van der Waals surface area contributed by atoms with E-state index in [9.17, 15) is 19.5 Å². The molecule has 1 atom stereocenters. The lowest BCUT2D eigenvalue weighted by atomic mass is 10.1. The summed E-state index contributed by atoms with van der Waals surface area (Å²) >= 11 is 0. The Hall–Kier alpha value is -2.39. The summed E-state index contributed by atoms with van der Waals surface area (Å²) in [6, 6.07) is 2.83. The summed E-state index contributed by atoms with van der Waals surface area (Å²) in [6.45, 7) is 7.05. The van der Waals surface area contributed by atoms with Crippen LogP contribution >= 0.6 is 0 Å². The van der Waals surface area contributed by atoms with E-state index in [0.29, 0.717) is 6.61 Å². The molecule has 1 N–H and O–H groups in total. The van der Waals surface area contributed by atoms with Crippen LogP contribution in [-0.2, 0) is 14.3 Å². The first-order valence-corrected chi connectivity index (χ1v) is 13.0. The average Bonchev–Trinajstić information content (AvgIpc) is 2.98. The van der Waals surface area contributed by atoms with Crippen molar-refractivity contribution in [2.45, 2.75) is 38.1 Å². The molecule has 1 unspecified atom stereocenters. The predicted molar refractivity (Wildman–Crippen MR) is 106 cm³/mol. The van der Waals surface area contributed by atoms with Crippen LogP contribution in [0.5, 0.6) is 11.5 Å². The minimum absolute atomic E-state index is 0.00686. The molecule has 2 heterocycles. The zero-order valence-electron chi connectivity index (χ0n) is 16.7. The Kier molecular flexibility index (Phi) is 5.49. The van der Waals surface area contributed by atoms with Gasteiger partial charge in [-0.15, -0.1) is 0 Å². The van der Waals surface area contributed by atoms with Crippen molar-refractivity contribution in [3.05, 3.63) is 17.7 Å². The van der Waals surface area contributed by atoms with Crippen LogP contribution in [0, 0.1) is 0 Å².